The third kappa shape index (κ3) is 4.82. The van der Waals surface area contributed by atoms with Gasteiger partial charge in [-0.2, -0.15) is 0 Å². The van der Waals surface area contributed by atoms with Crippen LogP contribution in [-0.4, -0.2) is 60.8 Å². The summed E-state index contributed by atoms with van der Waals surface area (Å²) in [5.41, 5.74) is 5.77. The first-order chi connectivity index (χ1) is 16.7. The fourth-order valence-electron chi connectivity index (χ4n) is 4.16. The smallest absolute Gasteiger partial charge is 0.250 e. The summed E-state index contributed by atoms with van der Waals surface area (Å²) in [5.74, 6) is 0.723. The van der Waals surface area contributed by atoms with Crippen LogP contribution in [-0.2, 0) is 9.53 Å². The summed E-state index contributed by atoms with van der Waals surface area (Å²) >= 11 is 0. The quantitative estimate of drug-likeness (QED) is 0.477. The molecule has 4 aromatic rings. The van der Waals surface area contributed by atoms with E-state index in [1.54, 1.807) is 0 Å². The number of piperazine rings is 1. The van der Waals surface area contributed by atoms with Gasteiger partial charge < -0.3 is 19.9 Å². The Labute approximate surface area is 198 Å². The van der Waals surface area contributed by atoms with Crippen molar-refractivity contribution in [3.8, 4) is 11.1 Å². The lowest BCUT2D eigenvalue weighted by molar-refractivity contribution is -0.119. The normalized spacial score (nSPS) is 13.8. The minimum atomic E-state index is -0.176. The van der Waals surface area contributed by atoms with Crippen LogP contribution in [0.25, 0.3) is 22.2 Å². The molecule has 0 atom stereocenters. The van der Waals surface area contributed by atoms with Crippen molar-refractivity contribution in [1.82, 2.24) is 15.0 Å². The maximum Gasteiger partial charge on any atom is 0.250 e. The van der Waals surface area contributed by atoms with Crippen LogP contribution in [0.2, 0.25) is 0 Å². The van der Waals surface area contributed by atoms with Gasteiger partial charge in [-0.1, -0.05) is 18.2 Å². The second-order valence-electron chi connectivity index (χ2n) is 8.17. The summed E-state index contributed by atoms with van der Waals surface area (Å²) in [4.78, 5) is 30.0. The highest BCUT2D eigenvalue weighted by Crippen LogP contribution is 2.26. The number of amides is 1. The highest BCUT2D eigenvalue weighted by atomic mass is 16.5. The van der Waals surface area contributed by atoms with E-state index in [9.17, 15) is 4.79 Å². The van der Waals surface area contributed by atoms with Crippen LogP contribution in [0.15, 0.2) is 73.2 Å². The van der Waals surface area contributed by atoms with E-state index in [0.717, 1.165) is 59.8 Å². The fourth-order valence-corrected chi connectivity index (χ4v) is 4.16. The number of aromatic nitrogens is 3. The van der Waals surface area contributed by atoms with Gasteiger partial charge in [0.2, 0.25) is 5.91 Å². The summed E-state index contributed by atoms with van der Waals surface area (Å²) in [6.07, 6.45) is 5.53. The van der Waals surface area contributed by atoms with E-state index >= 15 is 0 Å². The summed E-state index contributed by atoms with van der Waals surface area (Å²) in [5, 5.41) is 2.81. The number of nitrogens with zero attached hydrogens (tertiary/aromatic N) is 5. The number of ether oxygens (including phenoxy) is 1. The number of fused-ring (bicyclic) bond motifs is 1. The minimum Gasteiger partial charge on any atom is -0.375 e. The van der Waals surface area contributed by atoms with Gasteiger partial charge in [0.25, 0.3) is 0 Å². The second-order valence-corrected chi connectivity index (χ2v) is 8.17. The summed E-state index contributed by atoms with van der Waals surface area (Å²) in [6, 6.07) is 17.9. The molecular weight excluding hydrogens is 428 g/mol. The third-order valence-corrected chi connectivity index (χ3v) is 5.94. The molecule has 0 spiro atoms. The second kappa shape index (κ2) is 9.84. The topological polar surface area (TPSA) is 83.5 Å². The molecule has 172 valence electrons. The number of methoxy groups -OCH3 is 1. The van der Waals surface area contributed by atoms with Crippen molar-refractivity contribution in [1.29, 1.82) is 0 Å². The molecule has 0 aliphatic carbocycles. The van der Waals surface area contributed by atoms with Crippen molar-refractivity contribution >= 4 is 34.1 Å². The van der Waals surface area contributed by atoms with Crippen LogP contribution in [0.4, 0.5) is 17.2 Å². The summed E-state index contributed by atoms with van der Waals surface area (Å²) in [7, 11) is 1.50. The third-order valence-electron chi connectivity index (χ3n) is 5.94. The molecule has 0 saturated carbocycles. The number of anilines is 3. The first kappa shape index (κ1) is 21.8. The lowest BCUT2D eigenvalue weighted by Crippen LogP contribution is -2.46. The number of nitrogens with one attached hydrogen (secondary N) is 1. The molecule has 1 N–H and O–H groups in total. The van der Waals surface area contributed by atoms with Crippen molar-refractivity contribution < 1.29 is 9.53 Å². The SMILES string of the molecule is COCC(=O)Nc1ccc(-c2ccc3ncc(N4CCN(c5ccncc5)CC4)nc3c2)cc1. The van der Waals surface area contributed by atoms with Gasteiger partial charge in [-0.05, 0) is 47.5 Å². The first-order valence-electron chi connectivity index (χ1n) is 11.3. The van der Waals surface area contributed by atoms with Crippen LogP contribution >= 0.6 is 0 Å². The van der Waals surface area contributed by atoms with E-state index in [1.807, 2.05) is 67.1 Å². The molecule has 5 rings (SSSR count). The molecule has 0 radical (unpaired) electrons. The number of pyridine rings is 1. The van der Waals surface area contributed by atoms with Gasteiger partial charge >= 0.3 is 0 Å². The predicted octanol–water partition coefficient (Wildman–Crippen LogP) is 3.60. The van der Waals surface area contributed by atoms with Gasteiger partial charge in [0.15, 0.2) is 0 Å². The molecule has 1 saturated heterocycles. The molecular formula is C26H26N6O2. The molecule has 1 amide bonds. The van der Waals surface area contributed by atoms with Gasteiger partial charge in [0.05, 0.1) is 17.2 Å². The van der Waals surface area contributed by atoms with Crippen LogP contribution in [0.1, 0.15) is 0 Å². The molecule has 0 unspecified atom stereocenters. The lowest BCUT2D eigenvalue weighted by atomic mass is 10.0. The Kier molecular flexibility index (Phi) is 6.31. The number of rotatable bonds is 6. The highest BCUT2D eigenvalue weighted by Gasteiger charge is 2.19. The predicted molar refractivity (Wildman–Crippen MR) is 134 cm³/mol. The van der Waals surface area contributed by atoms with Gasteiger partial charge in [-0.25, -0.2) is 4.98 Å². The molecule has 1 fully saturated rings. The molecule has 1 aliphatic heterocycles. The van der Waals surface area contributed by atoms with Gasteiger partial charge in [-0.3, -0.25) is 14.8 Å². The van der Waals surface area contributed by atoms with Crippen molar-refractivity contribution in [2.45, 2.75) is 0 Å². The largest absolute Gasteiger partial charge is 0.375 e. The Morgan fingerprint density at radius 1 is 0.912 bits per heavy atom. The van der Waals surface area contributed by atoms with Crippen molar-refractivity contribution in [3.63, 3.8) is 0 Å². The van der Waals surface area contributed by atoms with Crippen LogP contribution in [0.5, 0.6) is 0 Å². The molecule has 1 aliphatic rings. The number of carbonyl (C=O) groups is 1. The van der Waals surface area contributed by atoms with Crippen molar-refractivity contribution in [3.05, 3.63) is 73.2 Å². The highest BCUT2D eigenvalue weighted by molar-refractivity contribution is 5.92. The first-order valence-corrected chi connectivity index (χ1v) is 11.3. The molecule has 8 heteroatoms. The molecule has 3 heterocycles. The molecule has 2 aromatic heterocycles. The van der Waals surface area contributed by atoms with E-state index < -0.39 is 0 Å². The minimum absolute atomic E-state index is 0.0339. The fraction of sp³-hybridized carbons (Fsp3) is 0.231. The number of hydrogen-bond donors (Lipinski definition) is 1. The Morgan fingerprint density at radius 2 is 1.62 bits per heavy atom. The Balaban J connectivity index is 1.31. The molecule has 0 bridgehead atoms. The monoisotopic (exact) mass is 454 g/mol. The summed E-state index contributed by atoms with van der Waals surface area (Å²) in [6.45, 7) is 3.66. The number of carbonyl (C=O) groups excluding carboxylic acids is 1. The zero-order valence-corrected chi connectivity index (χ0v) is 19.0. The molecule has 34 heavy (non-hydrogen) atoms. The van der Waals surface area contributed by atoms with Crippen LogP contribution < -0.4 is 15.1 Å². The lowest BCUT2D eigenvalue weighted by Gasteiger charge is -2.36. The van der Waals surface area contributed by atoms with E-state index in [1.165, 1.54) is 12.8 Å². The molecule has 8 nitrogen and oxygen atoms in total. The van der Waals surface area contributed by atoms with Crippen molar-refractivity contribution in [2.75, 3.05) is 55.0 Å². The Hall–Kier alpha value is -4.04. The zero-order chi connectivity index (χ0) is 23.3. The average molecular weight is 455 g/mol. The van der Waals surface area contributed by atoms with Crippen LogP contribution in [0.3, 0.4) is 0 Å². The van der Waals surface area contributed by atoms with E-state index in [2.05, 4.69) is 31.2 Å². The molecule has 2 aromatic carbocycles. The summed E-state index contributed by atoms with van der Waals surface area (Å²) < 4.78 is 4.86. The van der Waals surface area contributed by atoms with Gasteiger partial charge in [0, 0.05) is 57.1 Å². The number of benzene rings is 2. The van der Waals surface area contributed by atoms with Gasteiger partial charge in [0.1, 0.15) is 12.4 Å². The van der Waals surface area contributed by atoms with Crippen molar-refractivity contribution in [2.24, 2.45) is 0 Å². The maximum atomic E-state index is 11.7. The maximum absolute atomic E-state index is 11.7. The standard InChI is InChI=1S/C26H26N6O2/c1-34-18-26(33)29-21-5-2-19(3-6-21)20-4-7-23-24(16-20)30-25(17-28-23)32-14-12-31(13-15-32)22-8-10-27-11-9-22/h2-11,16-17H,12-15,18H2,1H3,(H,29,33). The van der Waals surface area contributed by atoms with Gasteiger partial charge in [-0.15, -0.1) is 0 Å². The Morgan fingerprint density at radius 3 is 2.35 bits per heavy atom. The van der Waals surface area contributed by atoms with E-state index in [4.69, 9.17) is 9.72 Å². The van der Waals surface area contributed by atoms with Crippen LogP contribution in [0, 0.1) is 0 Å². The van der Waals surface area contributed by atoms with E-state index in [0.29, 0.717) is 0 Å². The Bertz CT molecular complexity index is 1270. The number of hydrogen-bond acceptors (Lipinski definition) is 7. The average Bonchev–Trinajstić information content (AvgIpc) is 2.89. The van der Waals surface area contributed by atoms with E-state index in [-0.39, 0.29) is 12.5 Å². The zero-order valence-electron chi connectivity index (χ0n) is 19.0.